The first-order valence-electron chi connectivity index (χ1n) is 6.65. The van der Waals surface area contributed by atoms with Crippen molar-refractivity contribution in [1.82, 2.24) is 5.32 Å². The van der Waals surface area contributed by atoms with Gasteiger partial charge in [-0.1, -0.05) is 0 Å². The molecule has 1 aliphatic carbocycles. The van der Waals surface area contributed by atoms with Crippen LogP contribution in [0.25, 0.3) is 0 Å². The van der Waals surface area contributed by atoms with E-state index in [9.17, 15) is 0 Å². The number of hydrogen-bond donors (Lipinski definition) is 1. The third kappa shape index (κ3) is 3.32. The molecule has 18 heavy (non-hydrogen) atoms. The molecule has 0 amide bonds. The van der Waals surface area contributed by atoms with Gasteiger partial charge in [-0.2, -0.15) is 0 Å². The van der Waals surface area contributed by atoms with Crippen molar-refractivity contribution < 1.29 is 9.47 Å². The van der Waals surface area contributed by atoms with Gasteiger partial charge in [0.25, 0.3) is 0 Å². The van der Waals surface area contributed by atoms with Crippen molar-refractivity contribution >= 4 is 11.3 Å². The third-order valence-electron chi connectivity index (χ3n) is 3.56. The largest absolute Gasteiger partial charge is 0.355 e. The molecule has 3 nitrogen and oxygen atoms in total. The Balaban J connectivity index is 1.92. The molecular weight excluding hydrogens is 246 g/mol. The lowest BCUT2D eigenvalue weighted by Crippen LogP contribution is -2.31. The Morgan fingerprint density at radius 1 is 1.28 bits per heavy atom. The van der Waals surface area contributed by atoms with Gasteiger partial charge in [0, 0.05) is 36.6 Å². The molecule has 0 aromatic carbocycles. The lowest BCUT2D eigenvalue weighted by atomic mass is 9.99. The summed E-state index contributed by atoms with van der Waals surface area (Å²) in [4.78, 5) is 3.03. The summed E-state index contributed by atoms with van der Waals surface area (Å²) in [6.07, 6.45) is 5.06. The van der Waals surface area contributed by atoms with E-state index in [0.29, 0.717) is 6.04 Å². The molecule has 0 saturated heterocycles. The molecule has 1 aliphatic rings. The van der Waals surface area contributed by atoms with Gasteiger partial charge < -0.3 is 14.8 Å². The van der Waals surface area contributed by atoms with Gasteiger partial charge in [-0.25, -0.2) is 0 Å². The predicted octanol–water partition coefficient (Wildman–Crippen LogP) is 2.90. The zero-order valence-electron chi connectivity index (χ0n) is 11.5. The van der Waals surface area contributed by atoms with E-state index in [1.807, 2.05) is 11.3 Å². The summed E-state index contributed by atoms with van der Waals surface area (Å²) in [5.74, 6) is 0. The number of aryl methyl sites for hydroxylation is 2. The maximum Gasteiger partial charge on any atom is 0.169 e. The Kier molecular flexibility index (Phi) is 5.18. The molecule has 2 rings (SSSR count). The maximum absolute atomic E-state index is 5.19. The Bertz CT molecular complexity index is 350. The van der Waals surface area contributed by atoms with Crippen molar-refractivity contribution in [3.8, 4) is 0 Å². The van der Waals surface area contributed by atoms with Gasteiger partial charge in [-0.3, -0.25) is 0 Å². The lowest BCUT2D eigenvalue weighted by Gasteiger charge is -2.17. The van der Waals surface area contributed by atoms with Crippen LogP contribution in [0.4, 0.5) is 0 Å². The van der Waals surface area contributed by atoms with Crippen LogP contribution in [0.15, 0.2) is 6.07 Å². The summed E-state index contributed by atoms with van der Waals surface area (Å²) in [7, 11) is 3.34. The van der Waals surface area contributed by atoms with Crippen molar-refractivity contribution in [3.63, 3.8) is 0 Å². The van der Waals surface area contributed by atoms with Crippen LogP contribution in [-0.2, 0) is 22.3 Å². The van der Waals surface area contributed by atoms with Crippen LogP contribution in [0.2, 0.25) is 0 Å². The number of hydrogen-bond acceptors (Lipinski definition) is 4. The molecule has 0 spiro atoms. The Hall–Kier alpha value is -0.420. The highest BCUT2D eigenvalue weighted by molar-refractivity contribution is 7.12. The number of nitrogens with one attached hydrogen (secondary N) is 1. The van der Waals surface area contributed by atoms with Crippen molar-refractivity contribution in [3.05, 3.63) is 21.4 Å². The second-order valence-corrected chi connectivity index (χ2v) is 6.00. The average molecular weight is 269 g/mol. The van der Waals surface area contributed by atoms with Crippen LogP contribution in [0.1, 0.15) is 41.1 Å². The molecule has 0 aliphatic heterocycles. The van der Waals surface area contributed by atoms with Crippen molar-refractivity contribution in [2.75, 3.05) is 20.8 Å². The molecule has 0 radical (unpaired) electrons. The maximum atomic E-state index is 5.19. The molecule has 0 bridgehead atoms. The molecule has 1 aromatic heterocycles. The number of fused-ring (bicyclic) bond motifs is 1. The zero-order valence-corrected chi connectivity index (χ0v) is 12.3. The molecule has 1 atom stereocenters. The molecular formula is C14H23NO2S. The molecule has 0 fully saturated rings. The van der Waals surface area contributed by atoms with Crippen molar-refractivity contribution in [2.45, 2.75) is 44.9 Å². The van der Waals surface area contributed by atoms with Crippen LogP contribution >= 0.6 is 11.3 Å². The fourth-order valence-corrected chi connectivity index (χ4v) is 3.65. The fourth-order valence-electron chi connectivity index (χ4n) is 2.36. The van der Waals surface area contributed by atoms with E-state index in [0.717, 1.165) is 6.54 Å². The summed E-state index contributed by atoms with van der Waals surface area (Å²) in [5, 5.41) is 3.47. The van der Waals surface area contributed by atoms with Gasteiger partial charge in [0.1, 0.15) is 0 Å². The molecule has 1 N–H and O–H groups in total. The normalized spacial score (nSPS) is 16.9. The first-order chi connectivity index (χ1) is 8.74. The van der Waals surface area contributed by atoms with E-state index in [2.05, 4.69) is 18.3 Å². The SMILES string of the molecule is COC(CNC(C)c1cc2c(s1)CCCC2)OC. The highest BCUT2D eigenvalue weighted by atomic mass is 32.1. The number of thiophene rings is 1. The van der Waals surface area contributed by atoms with Gasteiger partial charge in [-0.05, 0) is 44.2 Å². The molecule has 1 unspecified atom stereocenters. The van der Waals surface area contributed by atoms with E-state index in [1.54, 1.807) is 24.7 Å². The number of ether oxygens (including phenoxy) is 2. The Labute approximate surface area is 113 Å². The quantitative estimate of drug-likeness (QED) is 0.806. The summed E-state index contributed by atoms with van der Waals surface area (Å²) < 4.78 is 10.4. The molecule has 4 heteroatoms. The highest BCUT2D eigenvalue weighted by Crippen LogP contribution is 2.32. The van der Waals surface area contributed by atoms with E-state index in [1.165, 1.54) is 30.6 Å². The monoisotopic (exact) mass is 269 g/mol. The first-order valence-corrected chi connectivity index (χ1v) is 7.46. The van der Waals surface area contributed by atoms with Gasteiger partial charge in [0.2, 0.25) is 0 Å². The minimum Gasteiger partial charge on any atom is -0.355 e. The van der Waals surface area contributed by atoms with Crippen LogP contribution in [0.5, 0.6) is 0 Å². The second kappa shape index (κ2) is 6.66. The third-order valence-corrected chi connectivity index (χ3v) is 4.98. The number of rotatable bonds is 6. The van der Waals surface area contributed by atoms with Crippen LogP contribution in [-0.4, -0.2) is 27.1 Å². The second-order valence-electron chi connectivity index (χ2n) is 4.84. The summed E-state index contributed by atoms with van der Waals surface area (Å²) in [5.41, 5.74) is 1.57. The number of methoxy groups -OCH3 is 2. The average Bonchev–Trinajstić information content (AvgIpc) is 2.83. The molecule has 1 aromatic rings. The van der Waals surface area contributed by atoms with Gasteiger partial charge in [0.05, 0.1) is 0 Å². The van der Waals surface area contributed by atoms with Gasteiger partial charge >= 0.3 is 0 Å². The van der Waals surface area contributed by atoms with Crippen LogP contribution in [0.3, 0.4) is 0 Å². The standard InChI is InChI=1S/C14H23NO2S/c1-10(15-9-14(16-2)17-3)13-8-11-6-4-5-7-12(11)18-13/h8,10,14-15H,4-7,9H2,1-3H3. The molecule has 0 saturated carbocycles. The highest BCUT2D eigenvalue weighted by Gasteiger charge is 2.17. The predicted molar refractivity (Wildman–Crippen MR) is 75.2 cm³/mol. The van der Waals surface area contributed by atoms with Crippen molar-refractivity contribution in [2.24, 2.45) is 0 Å². The minimum atomic E-state index is -0.165. The van der Waals surface area contributed by atoms with Crippen LogP contribution in [0, 0.1) is 0 Å². The summed E-state index contributed by atoms with van der Waals surface area (Å²) in [6, 6.07) is 2.75. The molecule has 102 valence electrons. The topological polar surface area (TPSA) is 30.5 Å². The van der Waals surface area contributed by atoms with Gasteiger partial charge in [0.15, 0.2) is 6.29 Å². The van der Waals surface area contributed by atoms with E-state index in [4.69, 9.17) is 9.47 Å². The minimum absolute atomic E-state index is 0.165. The molecule has 1 heterocycles. The van der Waals surface area contributed by atoms with E-state index >= 15 is 0 Å². The van der Waals surface area contributed by atoms with Crippen LogP contribution < -0.4 is 5.32 Å². The van der Waals surface area contributed by atoms with Crippen molar-refractivity contribution in [1.29, 1.82) is 0 Å². The van der Waals surface area contributed by atoms with E-state index in [-0.39, 0.29) is 6.29 Å². The fraction of sp³-hybridized carbons (Fsp3) is 0.714. The smallest absolute Gasteiger partial charge is 0.169 e. The van der Waals surface area contributed by atoms with E-state index < -0.39 is 0 Å². The Morgan fingerprint density at radius 3 is 2.67 bits per heavy atom. The summed E-state index contributed by atoms with van der Waals surface area (Å²) >= 11 is 1.97. The van der Waals surface area contributed by atoms with Gasteiger partial charge in [-0.15, -0.1) is 11.3 Å². The summed E-state index contributed by atoms with van der Waals surface area (Å²) in [6.45, 7) is 2.93. The first kappa shape index (κ1) is 14.0. The Morgan fingerprint density at radius 2 is 2.00 bits per heavy atom. The zero-order chi connectivity index (χ0) is 13.0. The lowest BCUT2D eigenvalue weighted by molar-refractivity contribution is -0.0997.